The van der Waals surface area contributed by atoms with E-state index in [0.717, 1.165) is 41.5 Å². The van der Waals surface area contributed by atoms with Crippen molar-refractivity contribution in [3.63, 3.8) is 0 Å². The molecule has 0 saturated carbocycles. The molecule has 0 radical (unpaired) electrons. The third-order valence-electron chi connectivity index (χ3n) is 6.01. The maximum atomic E-state index is 13.3. The molecule has 3 aromatic rings. The van der Waals surface area contributed by atoms with Gasteiger partial charge >= 0.3 is 0 Å². The van der Waals surface area contributed by atoms with Crippen molar-refractivity contribution in [1.29, 1.82) is 0 Å². The smallest absolute Gasteiger partial charge is 0.243 e. The summed E-state index contributed by atoms with van der Waals surface area (Å²) in [6.07, 6.45) is 5.19. The Morgan fingerprint density at radius 2 is 1.75 bits per heavy atom. The van der Waals surface area contributed by atoms with Gasteiger partial charge in [0.05, 0.1) is 11.1 Å². The molecule has 0 aliphatic carbocycles. The minimum atomic E-state index is -3.58. The first-order chi connectivity index (χ1) is 17.2. The van der Waals surface area contributed by atoms with Crippen LogP contribution in [0, 0.1) is 0 Å². The number of aromatic nitrogens is 1. The maximum absolute atomic E-state index is 13.3. The number of rotatable bonds is 11. The first-order valence-corrected chi connectivity index (χ1v) is 14.4. The van der Waals surface area contributed by atoms with Crippen LogP contribution < -0.4 is 10.7 Å². The molecule has 3 rings (SSSR count). The number of hydrazone groups is 1. The summed E-state index contributed by atoms with van der Waals surface area (Å²) >= 11 is 5.38. The molecule has 0 aliphatic rings. The van der Waals surface area contributed by atoms with E-state index < -0.39 is 10.0 Å². The highest BCUT2D eigenvalue weighted by Gasteiger charge is 2.24. The molecule has 1 heterocycles. The first-order valence-electron chi connectivity index (χ1n) is 12.5. The third kappa shape index (κ3) is 6.52. The summed E-state index contributed by atoms with van der Waals surface area (Å²) < 4.78 is 30.3. The normalized spacial score (nSPS) is 12.2. The minimum Gasteiger partial charge on any atom is -0.347 e. The van der Waals surface area contributed by atoms with Gasteiger partial charge in [-0.05, 0) is 73.8 Å². The van der Waals surface area contributed by atoms with Crippen LogP contribution in [0.15, 0.2) is 58.7 Å². The van der Waals surface area contributed by atoms with Crippen molar-refractivity contribution in [3.8, 4) is 0 Å². The number of nitrogens with one attached hydrogen (secondary N) is 2. The zero-order chi connectivity index (χ0) is 26.3. The van der Waals surface area contributed by atoms with E-state index in [2.05, 4.69) is 53.3 Å². The van der Waals surface area contributed by atoms with Gasteiger partial charge in [-0.15, -0.1) is 0 Å². The average molecular weight is 528 g/mol. The molecule has 0 unspecified atom stereocenters. The lowest BCUT2D eigenvalue weighted by Gasteiger charge is -2.21. The van der Waals surface area contributed by atoms with Gasteiger partial charge in [-0.25, -0.2) is 8.42 Å². The molecule has 0 amide bonds. The Morgan fingerprint density at radius 3 is 2.33 bits per heavy atom. The van der Waals surface area contributed by atoms with E-state index in [-0.39, 0.29) is 0 Å². The lowest BCUT2D eigenvalue weighted by atomic mass is 10.0. The minimum absolute atomic E-state index is 0.301. The summed E-state index contributed by atoms with van der Waals surface area (Å²) in [5, 5.41) is 8.65. The SMILES string of the molecule is CCCN(CCC)S(=O)(=O)c1ccc2c(c1)c(/C=N\NC(=S)Nc1ccc(C(C)C)cc1)cn2CC. The molecule has 0 saturated heterocycles. The zero-order valence-electron chi connectivity index (χ0n) is 21.8. The van der Waals surface area contributed by atoms with E-state index in [4.69, 9.17) is 12.2 Å². The quantitative estimate of drug-likeness (QED) is 0.184. The molecule has 0 bridgehead atoms. The van der Waals surface area contributed by atoms with Crippen LogP contribution in [0.3, 0.4) is 0 Å². The molecule has 2 aromatic carbocycles. The molecule has 194 valence electrons. The average Bonchev–Trinajstić information content (AvgIpc) is 3.21. The van der Waals surface area contributed by atoms with Crippen LogP contribution in [-0.4, -0.2) is 41.7 Å². The van der Waals surface area contributed by atoms with E-state index in [9.17, 15) is 8.42 Å². The molecule has 0 fully saturated rings. The van der Waals surface area contributed by atoms with Crippen molar-refractivity contribution < 1.29 is 8.42 Å². The first kappa shape index (κ1) is 27.8. The molecular formula is C27H37N5O2S2. The predicted octanol–water partition coefficient (Wildman–Crippen LogP) is 5.92. The Morgan fingerprint density at radius 1 is 1.08 bits per heavy atom. The predicted molar refractivity (Wildman–Crippen MR) is 154 cm³/mol. The number of benzene rings is 2. The second kappa shape index (κ2) is 12.5. The summed E-state index contributed by atoms with van der Waals surface area (Å²) in [5.74, 6) is 0.468. The lowest BCUT2D eigenvalue weighted by Crippen LogP contribution is -2.32. The van der Waals surface area contributed by atoms with Crippen molar-refractivity contribution in [2.75, 3.05) is 18.4 Å². The largest absolute Gasteiger partial charge is 0.347 e. The molecule has 0 spiro atoms. The van der Waals surface area contributed by atoms with Crippen LogP contribution in [0.4, 0.5) is 5.69 Å². The second-order valence-corrected chi connectivity index (χ2v) is 11.4. The number of hydrogen-bond acceptors (Lipinski definition) is 4. The standard InChI is InChI=1S/C27H37N5O2S2/c1-6-15-32(16-7-2)36(33,34)24-13-14-26-25(17-24)22(19-31(26)8-3)18-28-30-27(35)29-23-11-9-21(10-12-23)20(4)5/h9-14,17-20H,6-8,15-16H2,1-5H3,(H2,29,30,35)/b28-18-. The van der Waals surface area contributed by atoms with E-state index >= 15 is 0 Å². The number of anilines is 1. The fraction of sp³-hybridized carbons (Fsp3) is 0.407. The molecule has 0 aliphatic heterocycles. The van der Waals surface area contributed by atoms with Crippen LogP contribution in [0.5, 0.6) is 0 Å². The third-order valence-corrected chi connectivity index (χ3v) is 8.10. The Bertz CT molecular complexity index is 1310. The van der Waals surface area contributed by atoms with Crippen LogP contribution in [-0.2, 0) is 16.6 Å². The van der Waals surface area contributed by atoms with Crippen LogP contribution in [0.2, 0.25) is 0 Å². The fourth-order valence-corrected chi connectivity index (χ4v) is 5.92. The number of thiocarbonyl (C=S) groups is 1. The van der Waals surface area contributed by atoms with E-state index in [1.54, 1.807) is 22.7 Å². The van der Waals surface area contributed by atoms with E-state index in [1.165, 1.54) is 5.56 Å². The van der Waals surface area contributed by atoms with Crippen LogP contribution >= 0.6 is 12.2 Å². The molecule has 1 aromatic heterocycles. The van der Waals surface area contributed by atoms with E-state index in [0.29, 0.717) is 29.0 Å². The van der Waals surface area contributed by atoms with Crippen molar-refractivity contribution in [2.45, 2.75) is 64.8 Å². The summed E-state index contributed by atoms with van der Waals surface area (Å²) in [6, 6.07) is 13.5. The van der Waals surface area contributed by atoms with Crippen molar-refractivity contribution in [3.05, 3.63) is 59.8 Å². The number of hydrogen-bond donors (Lipinski definition) is 2. The summed E-state index contributed by atoms with van der Waals surface area (Å²) in [4.78, 5) is 0.301. The number of fused-ring (bicyclic) bond motifs is 1. The van der Waals surface area contributed by atoms with Crippen molar-refractivity contribution in [2.24, 2.45) is 5.10 Å². The number of sulfonamides is 1. The van der Waals surface area contributed by atoms with Gasteiger partial charge in [0.25, 0.3) is 0 Å². The van der Waals surface area contributed by atoms with E-state index in [1.807, 2.05) is 38.2 Å². The summed E-state index contributed by atoms with van der Waals surface area (Å²) in [7, 11) is -3.58. The Hall–Kier alpha value is -2.75. The number of aryl methyl sites for hydroxylation is 1. The van der Waals surface area contributed by atoms with Gasteiger partial charge in [0, 0.05) is 48.0 Å². The highest BCUT2D eigenvalue weighted by Crippen LogP contribution is 2.26. The Labute approximate surface area is 220 Å². The van der Waals surface area contributed by atoms with Crippen LogP contribution in [0.1, 0.15) is 64.5 Å². The second-order valence-electron chi connectivity index (χ2n) is 9.05. The van der Waals surface area contributed by atoms with Gasteiger partial charge in [-0.1, -0.05) is 39.8 Å². The summed E-state index contributed by atoms with van der Waals surface area (Å²) in [6.45, 7) is 12.1. The molecule has 9 heteroatoms. The molecule has 7 nitrogen and oxygen atoms in total. The lowest BCUT2D eigenvalue weighted by molar-refractivity contribution is 0.410. The van der Waals surface area contributed by atoms with Gasteiger partial charge in [-0.3, -0.25) is 5.43 Å². The maximum Gasteiger partial charge on any atom is 0.243 e. The van der Waals surface area contributed by atoms with Crippen molar-refractivity contribution >= 4 is 50.2 Å². The highest BCUT2D eigenvalue weighted by atomic mass is 32.2. The van der Waals surface area contributed by atoms with Gasteiger partial charge in [0.15, 0.2) is 5.11 Å². The van der Waals surface area contributed by atoms with Gasteiger partial charge in [0.1, 0.15) is 0 Å². The topological polar surface area (TPSA) is 78.7 Å². The van der Waals surface area contributed by atoms with Gasteiger partial charge in [0.2, 0.25) is 10.0 Å². The molecule has 0 atom stereocenters. The monoisotopic (exact) mass is 527 g/mol. The zero-order valence-corrected chi connectivity index (χ0v) is 23.4. The number of nitrogens with zero attached hydrogens (tertiary/aromatic N) is 3. The Balaban J connectivity index is 1.81. The Kier molecular flexibility index (Phi) is 9.64. The van der Waals surface area contributed by atoms with Crippen LogP contribution in [0.25, 0.3) is 10.9 Å². The molecule has 36 heavy (non-hydrogen) atoms. The molecular weight excluding hydrogens is 490 g/mol. The highest BCUT2D eigenvalue weighted by molar-refractivity contribution is 7.89. The van der Waals surface area contributed by atoms with Crippen molar-refractivity contribution in [1.82, 2.24) is 14.3 Å². The summed E-state index contributed by atoms with van der Waals surface area (Å²) in [5.41, 5.74) is 6.78. The molecule has 2 N–H and O–H groups in total. The van der Waals surface area contributed by atoms with Gasteiger partial charge in [-0.2, -0.15) is 9.41 Å². The fourth-order valence-electron chi connectivity index (χ4n) is 4.10. The van der Waals surface area contributed by atoms with Gasteiger partial charge < -0.3 is 9.88 Å².